The molecule has 0 aromatic rings. The minimum atomic E-state index is -0.124. The molecule has 0 saturated carbocycles. The van der Waals surface area contributed by atoms with Gasteiger partial charge in [0, 0.05) is 50.8 Å². The number of nitrogens with one attached hydrogen (secondary N) is 1. The van der Waals surface area contributed by atoms with Crippen LogP contribution in [0, 0.1) is 11.8 Å². The van der Waals surface area contributed by atoms with Crippen LogP contribution >= 0.6 is 24.8 Å². The molecule has 4 atom stereocenters. The van der Waals surface area contributed by atoms with Gasteiger partial charge in [0.2, 0.25) is 5.91 Å². The standard InChI is InChI=1S/C16H33N3O2.2ClH/c1-5-21-10-6-8-19-9-7-15(12(2)11-19)18-16(20)13(3)14(4)17;;/h12-15H,5-11,17H2,1-4H3,(H,18,20);2*1H. The summed E-state index contributed by atoms with van der Waals surface area (Å²) in [6.07, 6.45) is 2.10. The number of carbonyl (C=O) groups is 1. The molecule has 140 valence electrons. The molecule has 1 rings (SSSR count). The van der Waals surface area contributed by atoms with Crippen molar-refractivity contribution in [2.75, 3.05) is 32.8 Å². The van der Waals surface area contributed by atoms with Crippen LogP contribution in [0.15, 0.2) is 0 Å². The Kier molecular flexibility index (Phi) is 14.5. The second-order valence-corrected chi connectivity index (χ2v) is 6.38. The molecular formula is C16H35Cl2N3O2. The van der Waals surface area contributed by atoms with Crippen LogP contribution in [0.3, 0.4) is 0 Å². The number of carbonyl (C=O) groups excluding carboxylic acids is 1. The Hall–Kier alpha value is -0.0700. The molecule has 23 heavy (non-hydrogen) atoms. The number of ether oxygens (including phenoxy) is 1. The maximum atomic E-state index is 12.1. The number of likely N-dealkylation sites (tertiary alicyclic amines) is 1. The van der Waals surface area contributed by atoms with Crippen LogP contribution in [-0.2, 0) is 9.53 Å². The molecule has 0 aromatic carbocycles. The van der Waals surface area contributed by atoms with Gasteiger partial charge in [-0.05, 0) is 32.6 Å². The number of nitrogens with two attached hydrogens (primary N) is 1. The van der Waals surface area contributed by atoms with Crippen LogP contribution in [0.4, 0.5) is 0 Å². The Morgan fingerprint density at radius 1 is 1.39 bits per heavy atom. The van der Waals surface area contributed by atoms with E-state index in [-0.39, 0.29) is 48.7 Å². The first-order valence-electron chi connectivity index (χ1n) is 8.31. The molecule has 0 spiro atoms. The molecule has 1 fully saturated rings. The van der Waals surface area contributed by atoms with E-state index in [1.165, 1.54) is 0 Å². The minimum absolute atomic E-state index is 0. The van der Waals surface area contributed by atoms with E-state index in [0.717, 1.165) is 45.7 Å². The SMILES string of the molecule is CCOCCCN1CCC(NC(=O)C(C)C(C)N)C(C)C1.Cl.Cl. The molecular weight excluding hydrogens is 337 g/mol. The average molecular weight is 372 g/mol. The molecule has 1 heterocycles. The van der Waals surface area contributed by atoms with Gasteiger partial charge in [-0.25, -0.2) is 0 Å². The first-order valence-corrected chi connectivity index (χ1v) is 8.31. The highest BCUT2D eigenvalue weighted by molar-refractivity contribution is 5.85. The molecule has 1 aliphatic rings. The van der Waals surface area contributed by atoms with Crippen molar-refractivity contribution in [1.29, 1.82) is 0 Å². The van der Waals surface area contributed by atoms with Crippen molar-refractivity contribution in [3.63, 3.8) is 0 Å². The van der Waals surface area contributed by atoms with E-state index in [1.54, 1.807) is 0 Å². The summed E-state index contributed by atoms with van der Waals surface area (Å²) in [6, 6.07) is 0.181. The largest absolute Gasteiger partial charge is 0.382 e. The van der Waals surface area contributed by atoms with Crippen LogP contribution in [0.5, 0.6) is 0 Å². The van der Waals surface area contributed by atoms with E-state index in [2.05, 4.69) is 17.1 Å². The molecule has 1 aliphatic heterocycles. The number of hydrogen-bond acceptors (Lipinski definition) is 4. The van der Waals surface area contributed by atoms with Crippen molar-refractivity contribution >= 4 is 30.7 Å². The van der Waals surface area contributed by atoms with E-state index >= 15 is 0 Å². The van der Waals surface area contributed by atoms with Crippen LogP contribution in [0.2, 0.25) is 0 Å². The van der Waals surface area contributed by atoms with Crippen molar-refractivity contribution in [3.05, 3.63) is 0 Å². The highest BCUT2D eigenvalue weighted by Crippen LogP contribution is 2.17. The van der Waals surface area contributed by atoms with E-state index in [9.17, 15) is 4.79 Å². The Morgan fingerprint density at radius 3 is 2.57 bits per heavy atom. The molecule has 7 heteroatoms. The molecule has 0 radical (unpaired) electrons. The second kappa shape index (κ2) is 13.2. The first-order chi connectivity index (χ1) is 9.95. The highest BCUT2D eigenvalue weighted by Gasteiger charge is 2.28. The lowest BCUT2D eigenvalue weighted by Gasteiger charge is -2.37. The van der Waals surface area contributed by atoms with Gasteiger partial charge in [-0.15, -0.1) is 24.8 Å². The Bertz CT molecular complexity index is 320. The molecule has 5 nitrogen and oxygen atoms in total. The maximum absolute atomic E-state index is 12.1. The van der Waals surface area contributed by atoms with Crippen molar-refractivity contribution in [2.24, 2.45) is 17.6 Å². The van der Waals surface area contributed by atoms with Crippen molar-refractivity contribution < 1.29 is 9.53 Å². The van der Waals surface area contributed by atoms with Crippen LogP contribution in [0.1, 0.15) is 40.5 Å². The number of rotatable bonds is 8. The van der Waals surface area contributed by atoms with E-state index in [1.807, 2.05) is 20.8 Å². The summed E-state index contributed by atoms with van der Waals surface area (Å²) in [5.74, 6) is 0.447. The van der Waals surface area contributed by atoms with Gasteiger partial charge in [-0.3, -0.25) is 4.79 Å². The summed E-state index contributed by atoms with van der Waals surface area (Å²) in [4.78, 5) is 14.6. The number of amides is 1. The molecule has 3 N–H and O–H groups in total. The van der Waals surface area contributed by atoms with Crippen molar-refractivity contribution in [3.8, 4) is 0 Å². The van der Waals surface area contributed by atoms with Crippen molar-refractivity contribution in [2.45, 2.75) is 52.6 Å². The third-order valence-corrected chi connectivity index (χ3v) is 4.49. The third-order valence-electron chi connectivity index (χ3n) is 4.49. The summed E-state index contributed by atoms with van der Waals surface area (Å²) < 4.78 is 5.38. The Morgan fingerprint density at radius 2 is 2.04 bits per heavy atom. The van der Waals surface area contributed by atoms with Gasteiger partial charge in [0.05, 0.1) is 0 Å². The maximum Gasteiger partial charge on any atom is 0.224 e. The van der Waals surface area contributed by atoms with Crippen LogP contribution < -0.4 is 11.1 Å². The van der Waals surface area contributed by atoms with Gasteiger partial charge in [-0.2, -0.15) is 0 Å². The third kappa shape index (κ3) is 9.11. The molecule has 0 aromatic heterocycles. The normalized spacial score (nSPS) is 24.0. The first kappa shape index (κ1) is 25.2. The zero-order chi connectivity index (χ0) is 15.8. The lowest BCUT2D eigenvalue weighted by Crippen LogP contribution is -2.52. The number of halogens is 2. The predicted octanol–water partition coefficient (Wildman–Crippen LogP) is 2.07. The van der Waals surface area contributed by atoms with Gasteiger partial charge in [0.25, 0.3) is 0 Å². The molecule has 0 bridgehead atoms. The quantitative estimate of drug-likeness (QED) is 0.640. The summed E-state index contributed by atoms with van der Waals surface area (Å²) in [6.45, 7) is 12.8. The Labute approximate surface area is 153 Å². The fourth-order valence-electron chi connectivity index (χ4n) is 2.74. The van der Waals surface area contributed by atoms with Crippen LogP contribution in [-0.4, -0.2) is 55.7 Å². The smallest absolute Gasteiger partial charge is 0.224 e. The predicted molar refractivity (Wildman–Crippen MR) is 101 cm³/mol. The molecule has 4 unspecified atom stereocenters. The monoisotopic (exact) mass is 371 g/mol. The minimum Gasteiger partial charge on any atom is -0.382 e. The summed E-state index contributed by atoms with van der Waals surface area (Å²) in [5, 5.41) is 3.18. The van der Waals surface area contributed by atoms with Crippen molar-refractivity contribution in [1.82, 2.24) is 10.2 Å². The molecule has 1 saturated heterocycles. The lowest BCUT2D eigenvalue weighted by atomic mass is 9.92. The molecule has 0 aliphatic carbocycles. The van der Waals surface area contributed by atoms with Gasteiger partial charge in [0.1, 0.15) is 0 Å². The average Bonchev–Trinajstić information content (AvgIpc) is 2.45. The number of hydrogen-bond donors (Lipinski definition) is 2. The number of piperidine rings is 1. The van der Waals surface area contributed by atoms with Gasteiger partial charge < -0.3 is 20.7 Å². The van der Waals surface area contributed by atoms with Gasteiger partial charge in [-0.1, -0.05) is 13.8 Å². The zero-order valence-corrected chi connectivity index (χ0v) is 16.5. The molecule has 1 amide bonds. The van der Waals surface area contributed by atoms with Gasteiger partial charge >= 0.3 is 0 Å². The summed E-state index contributed by atoms with van der Waals surface area (Å²) in [7, 11) is 0. The summed E-state index contributed by atoms with van der Waals surface area (Å²) >= 11 is 0. The fraction of sp³-hybridized carbons (Fsp3) is 0.938. The van der Waals surface area contributed by atoms with E-state index in [0.29, 0.717) is 5.92 Å². The second-order valence-electron chi connectivity index (χ2n) is 6.38. The van der Waals surface area contributed by atoms with Gasteiger partial charge in [0.15, 0.2) is 0 Å². The highest BCUT2D eigenvalue weighted by atomic mass is 35.5. The fourth-order valence-corrected chi connectivity index (χ4v) is 2.74. The topological polar surface area (TPSA) is 67.6 Å². The number of nitrogens with zero attached hydrogens (tertiary/aromatic N) is 1. The van der Waals surface area contributed by atoms with E-state index in [4.69, 9.17) is 10.5 Å². The Balaban J connectivity index is 0. The van der Waals surface area contributed by atoms with Crippen LogP contribution in [0.25, 0.3) is 0 Å². The summed E-state index contributed by atoms with van der Waals surface area (Å²) in [5.41, 5.74) is 5.80. The lowest BCUT2D eigenvalue weighted by molar-refractivity contribution is -0.126. The zero-order valence-electron chi connectivity index (χ0n) is 14.9. The van der Waals surface area contributed by atoms with E-state index < -0.39 is 0 Å².